The van der Waals surface area contributed by atoms with Crippen LogP contribution in [-0.4, -0.2) is 30.4 Å². The number of halogens is 1. The van der Waals surface area contributed by atoms with E-state index >= 15 is 4.39 Å². The molecule has 1 aromatic carbocycles. The summed E-state index contributed by atoms with van der Waals surface area (Å²) in [6.45, 7) is 3.71. The first-order chi connectivity index (χ1) is 16.7. The second-order valence-corrected chi connectivity index (χ2v) is 9.04. The van der Waals surface area contributed by atoms with Crippen molar-refractivity contribution in [3.63, 3.8) is 0 Å². The summed E-state index contributed by atoms with van der Waals surface area (Å²) in [7, 11) is -2.94. The van der Waals surface area contributed by atoms with Crippen LogP contribution in [0.25, 0.3) is 15.7 Å². The molecule has 1 N–H and O–H groups in total. The molecule has 0 amide bonds. The third-order valence-corrected chi connectivity index (χ3v) is 6.22. The van der Waals surface area contributed by atoms with Crippen molar-refractivity contribution in [3.05, 3.63) is 86.1 Å². The fraction of sp³-hybridized carbons (Fsp3) is 0.217. The van der Waals surface area contributed by atoms with Gasteiger partial charge in [0.05, 0.1) is 0 Å². The van der Waals surface area contributed by atoms with Crippen molar-refractivity contribution in [3.8, 4) is 11.8 Å². The van der Waals surface area contributed by atoms with Crippen LogP contribution in [0.3, 0.4) is 0 Å². The molecule has 0 aliphatic carbocycles. The Labute approximate surface area is 249 Å². The molecule has 0 aliphatic heterocycles. The molecule has 13 heteroatoms. The molecule has 0 spiro atoms. The van der Waals surface area contributed by atoms with Crippen molar-refractivity contribution in [1.82, 2.24) is 19.7 Å². The van der Waals surface area contributed by atoms with Crippen molar-refractivity contribution in [2.24, 2.45) is 0 Å². The number of fused-ring (bicyclic) bond motifs is 1. The molecule has 0 aliphatic rings. The predicted molar refractivity (Wildman–Crippen MR) is 127 cm³/mol. The van der Waals surface area contributed by atoms with Gasteiger partial charge < -0.3 is 18.9 Å². The van der Waals surface area contributed by atoms with Crippen LogP contribution in [0.5, 0.6) is 11.8 Å². The fourth-order valence-electron chi connectivity index (χ4n) is 3.59. The number of hydrogen-bond donors (Lipinski definition) is 1. The number of aryl methyl sites for hydroxylation is 2. The number of rotatable bonds is 8. The van der Waals surface area contributed by atoms with E-state index in [9.17, 15) is 13.2 Å². The zero-order valence-electron chi connectivity index (χ0n) is 20.1. The number of ether oxygens (including phenoxy) is 1. The smallest absolute Gasteiger partial charge is 0.440 e. The Balaban J connectivity index is 0.00000361. The van der Waals surface area contributed by atoms with E-state index in [2.05, 4.69) is 19.7 Å². The molecule has 3 aromatic heterocycles. The van der Waals surface area contributed by atoms with Crippen LogP contribution >= 0.6 is 0 Å². The number of nitrogens with one attached hydrogen (secondary N) is 1. The normalized spacial score (nSPS) is 11.2. The Bertz CT molecular complexity index is 1570. The van der Waals surface area contributed by atoms with E-state index in [-0.39, 0.29) is 74.9 Å². The van der Waals surface area contributed by atoms with Crippen LogP contribution in [0.4, 0.5) is 10.2 Å². The second kappa shape index (κ2) is 11.9. The maximum Gasteiger partial charge on any atom is 1.00 e. The van der Waals surface area contributed by atoms with Crippen LogP contribution in [0.15, 0.2) is 52.1 Å². The van der Waals surface area contributed by atoms with Gasteiger partial charge in [0.15, 0.2) is 0 Å². The van der Waals surface area contributed by atoms with Gasteiger partial charge in [-0.3, -0.25) is 0 Å². The van der Waals surface area contributed by atoms with Crippen LogP contribution in [0.1, 0.15) is 29.2 Å². The number of hydrogen-bond acceptors (Lipinski definition) is 8. The minimum absolute atomic E-state index is 0. The van der Waals surface area contributed by atoms with Crippen molar-refractivity contribution in [2.45, 2.75) is 26.7 Å². The molecule has 0 saturated heterocycles. The first-order valence-electron chi connectivity index (χ1n) is 10.6. The van der Waals surface area contributed by atoms with Gasteiger partial charge in [-0.05, 0) is 55.0 Å². The molecule has 0 bridgehead atoms. The van der Waals surface area contributed by atoms with Crippen LogP contribution in [-0.2, 0) is 23.1 Å². The first kappa shape index (κ1) is 28.3. The molecular formula is C23H21FKN5O5S. The van der Waals surface area contributed by atoms with Crippen molar-refractivity contribution >= 4 is 27.0 Å². The van der Waals surface area contributed by atoms with Gasteiger partial charge in [-0.1, -0.05) is 19.2 Å². The molecule has 36 heavy (non-hydrogen) atoms. The van der Waals surface area contributed by atoms with Gasteiger partial charge in [0.25, 0.3) is 0 Å². The molecule has 4 aromatic rings. The van der Waals surface area contributed by atoms with Gasteiger partial charge in [0, 0.05) is 35.8 Å². The Morgan fingerprint density at radius 3 is 2.53 bits per heavy atom. The average Bonchev–Trinajstić information content (AvgIpc) is 2.83. The van der Waals surface area contributed by atoms with E-state index < -0.39 is 27.5 Å². The molecule has 3 heterocycles. The standard InChI is InChI=1S/C23H21FN5O5S.K/c1-4-15-16-10-13(2)18(34-23-27-7-5-8-28-23)12-19(16)33-22(30)17(15)11-14-6-9-26-21(20(14)24)29-35(31,32)25-3;/h5-10,12,25H,4,11H2,1-3H3;/q-1;+1. The Hall–Kier alpha value is -2.26. The van der Waals surface area contributed by atoms with Crippen molar-refractivity contribution in [2.75, 3.05) is 7.05 Å². The average molecular weight is 538 g/mol. The minimum atomic E-state index is -4.09. The van der Waals surface area contributed by atoms with Gasteiger partial charge in [0.1, 0.15) is 17.1 Å². The number of pyridine rings is 1. The van der Waals surface area contributed by atoms with Gasteiger partial charge >= 0.3 is 63.0 Å². The molecular weight excluding hydrogens is 516 g/mol. The number of nitrogens with zero attached hydrogens (tertiary/aromatic N) is 4. The topological polar surface area (TPSA) is 138 Å². The fourth-order valence-corrected chi connectivity index (χ4v) is 4.03. The molecule has 0 saturated carbocycles. The summed E-state index contributed by atoms with van der Waals surface area (Å²) >= 11 is 0. The third-order valence-electron chi connectivity index (χ3n) is 5.30. The molecule has 10 nitrogen and oxygen atoms in total. The summed E-state index contributed by atoms with van der Waals surface area (Å²) < 4.78 is 55.0. The zero-order chi connectivity index (χ0) is 25.2. The second-order valence-electron chi connectivity index (χ2n) is 7.50. The van der Waals surface area contributed by atoms with E-state index in [1.54, 1.807) is 24.5 Å². The Morgan fingerprint density at radius 2 is 1.86 bits per heavy atom. The summed E-state index contributed by atoms with van der Waals surface area (Å²) in [5.74, 6) is -1.10. The first-order valence-corrected chi connectivity index (χ1v) is 12.0. The zero-order valence-corrected chi connectivity index (χ0v) is 24.0. The molecule has 0 fully saturated rings. The van der Waals surface area contributed by atoms with E-state index in [1.807, 2.05) is 24.6 Å². The monoisotopic (exact) mass is 537 g/mol. The number of aromatic nitrogens is 3. The minimum Gasteiger partial charge on any atom is -0.440 e. The maximum absolute atomic E-state index is 15.0. The van der Waals surface area contributed by atoms with Crippen LogP contribution < -0.4 is 66.5 Å². The summed E-state index contributed by atoms with van der Waals surface area (Å²) in [6.07, 6.45) is 4.66. The van der Waals surface area contributed by atoms with Crippen molar-refractivity contribution in [1.29, 1.82) is 0 Å². The molecule has 0 radical (unpaired) electrons. The SMILES string of the molecule is CCc1c(Cc2ccnc([N-]S(=O)(=O)NC)c2F)c(=O)oc2cc(Oc3ncccn3)c(C)cc12.[K+]. The molecule has 4 rings (SSSR count). The number of benzene rings is 1. The summed E-state index contributed by atoms with van der Waals surface area (Å²) in [6, 6.07) is 6.60. The third kappa shape index (κ3) is 6.17. The molecule has 0 unspecified atom stereocenters. The van der Waals surface area contributed by atoms with Crippen molar-refractivity contribution < 1.29 is 73.3 Å². The summed E-state index contributed by atoms with van der Waals surface area (Å²) in [5, 5.41) is 0.679. The van der Waals surface area contributed by atoms with Gasteiger partial charge in [0.2, 0.25) is 10.2 Å². The Morgan fingerprint density at radius 1 is 1.14 bits per heavy atom. The Kier molecular flexibility index (Phi) is 9.32. The van der Waals surface area contributed by atoms with E-state index in [1.165, 1.54) is 12.3 Å². The summed E-state index contributed by atoms with van der Waals surface area (Å²) in [5.41, 5.74) is 1.42. The maximum atomic E-state index is 15.0. The predicted octanol–water partition coefficient (Wildman–Crippen LogP) is 0.844. The molecule has 0 atom stereocenters. The molecule has 182 valence electrons. The van der Waals surface area contributed by atoms with Gasteiger partial charge in [-0.2, -0.15) is 0 Å². The van der Waals surface area contributed by atoms with Gasteiger partial charge in [-0.15, -0.1) is 0 Å². The van der Waals surface area contributed by atoms with Crippen LogP contribution in [0, 0.1) is 12.7 Å². The largest absolute Gasteiger partial charge is 1.00 e. The van der Waals surface area contributed by atoms with Crippen LogP contribution in [0.2, 0.25) is 0 Å². The van der Waals surface area contributed by atoms with E-state index in [0.717, 1.165) is 12.6 Å². The quantitative estimate of drug-likeness (QED) is 0.258. The van der Waals surface area contributed by atoms with E-state index in [4.69, 9.17) is 9.15 Å². The van der Waals surface area contributed by atoms with E-state index in [0.29, 0.717) is 28.7 Å². The summed E-state index contributed by atoms with van der Waals surface area (Å²) in [4.78, 5) is 24.7. The van der Waals surface area contributed by atoms with Gasteiger partial charge in [-0.25, -0.2) is 32.3 Å².